The van der Waals surface area contributed by atoms with Crippen molar-refractivity contribution in [3.8, 4) is 6.07 Å². The van der Waals surface area contributed by atoms with Crippen LogP contribution in [0, 0.1) is 24.2 Å². The first-order valence-corrected chi connectivity index (χ1v) is 13.9. The van der Waals surface area contributed by atoms with Crippen LogP contribution in [0.1, 0.15) is 69.1 Å². The van der Waals surface area contributed by atoms with Crippen molar-refractivity contribution in [1.82, 2.24) is 9.47 Å². The van der Waals surface area contributed by atoms with Gasteiger partial charge >= 0.3 is 5.97 Å². The fraction of sp³-hybridized carbons (Fsp3) is 0.577. The molecule has 1 saturated carbocycles. The number of carbonyl (C=O) groups is 2. The predicted octanol–water partition coefficient (Wildman–Crippen LogP) is 3.97. The van der Waals surface area contributed by atoms with Gasteiger partial charge in [0.15, 0.2) is 0 Å². The number of ether oxygens (including phenoxy) is 1. The molecule has 3 heterocycles. The van der Waals surface area contributed by atoms with Crippen molar-refractivity contribution in [2.24, 2.45) is 5.92 Å². The van der Waals surface area contributed by atoms with E-state index in [4.69, 9.17) is 17.0 Å². The number of anilines is 1. The zero-order chi connectivity index (χ0) is 26.0. The molecule has 4 rings (SSSR count). The summed E-state index contributed by atoms with van der Waals surface area (Å²) in [5, 5.41) is 9.78. The number of hydrogen-bond acceptors (Lipinski definition) is 8. The lowest BCUT2D eigenvalue weighted by Crippen LogP contribution is -2.41. The van der Waals surface area contributed by atoms with E-state index in [0.29, 0.717) is 65.3 Å². The minimum atomic E-state index is -0.337. The molecule has 1 amide bonds. The highest BCUT2D eigenvalue weighted by Crippen LogP contribution is 2.40. The Kier molecular flexibility index (Phi) is 8.20. The number of amides is 1. The van der Waals surface area contributed by atoms with Crippen LogP contribution in [0.15, 0.2) is 9.70 Å². The summed E-state index contributed by atoms with van der Waals surface area (Å²) < 4.78 is 7.38. The first-order valence-electron chi connectivity index (χ1n) is 12.7. The molecule has 0 unspecified atom stereocenters. The second-order valence-corrected chi connectivity index (χ2v) is 11.1. The van der Waals surface area contributed by atoms with Crippen molar-refractivity contribution in [1.29, 1.82) is 5.26 Å². The van der Waals surface area contributed by atoms with E-state index < -0.39 is 0 Å². The van der Waals surface area contributed by atoms with Gasteiger partial charge in [-0.3, -0.25) is 23.9 Å². The molecule has 3 aliphatic rings. The number of aromatic nitrogens is 1. The summed E-state index contributed by atoms with van der Waals surface area (Å²) in [5.41, 5.74) is 0.991. The molecule has 0 radical (unpaired) electrons. The molecule has 1 aromatic rings. The summed E-state index contributed by atoms with van der Waals surface area (Å²) >= 11 is 6.87. The fourth-order valence-corrected chi connectivity index (χ4v) is 6.84. The van der Waals surface area contributed by atoms with Gasteiger partial charge in [-0.2, -0.15) is 5.26 Å². The summed E-state index contributed by atoms with van der Waals surface area (Å²) in [6.07, 6.45) is 7.13. The van der Waals surface area contributed by atoms with Gasteiger partial charge in [0.05, 0.1) is 17.4 Å². The van der Waals surface area contributed by atoms with Gasteiger partial charge in [0.25, 0.3) is 11.5 Å². The number of thiocarbonyl (C=S) groups is 1. The van der Waals surface area contributed by atoms with Crippen LogP contribution < -0.4 is 10.5 Å². The Morgan fingerprint density at radius 2 is 1.86 bits per heavy atom. The molecular weight excluding hydrogens is 496 g/mol. The molecule has 8 nitrogen and oxygen atoms in total. The number of esters is 1. The number of nitrogens with zero attached hydrogens (tertiary/aromatic N) is 4. The topological polar surface area (TPSA) is 95.6 Å². The zero-order valence-corrected chi connectivity index (χ0v) is 22.7. The number of rotatable bonds is 6. The van der Waals surface area contributed by atoms with Crippen LogP contribution in [0.4, 0.5) is 5.82 Å². The Labute approximate surface area is 221 Å². The molecule has 3 fully saturated rings. The molecule has 0 spiro atoms. The van der Waals surface area contributed by atoms with E-state index in [9.17, 15) is 19.6 Å². The molecule has 0 bridgehead atoms. The number of hydrogen-bond donors (Lipinski definition) is 0. The smallest absolute Gasteiger partial charge is 0.309 e. The van der Waals surface area contributed by atoms with Crippen LogP contribution in [0.2, 0.25) is 0 Å². The minimum absolute atomic E-state index is 0.0829. The Morgan fingerprint density at radius 3 is 2.44 bits per heavy atom. The van der Waals surface area contributed by atoms with Crippen LogP contribution in [0.25, 0.3) is 6.08 Å². The Balaban J connectivity index is 1.76. The molecule has 10 heteroatoms. The van der Waals surface area contributed by atoms with Gasteiger partial charge in [-0.1, -0.05) is 36.8 Å². The first-order chi connectivity index (χ1) is 17.3. The Bertz CT molecular complexity index is 1200. The Hall–Kier alpha value is -2.64. The summed E-state index contributed by atoms with van der Waals surface area (Å²) in [4.78, 5) is 43.3. The van der Waals surface area contributed by atoms with E-state index >= 15 is 0 Å². The molecule has 0 aromatic carbocycles. The number of nitriles is 1. The first kappa shape index (κ1) is 26.4. The SMILES string of the molecule is CCOC(=O)C1CCN(c2c(/C=C3/SC(=S)N(C4CCCC4)C3=O)c(C)c(C#N)c(=O)n2CC)CC1. The lowest BCUT2D eigenvalue weighted by Gasteiger charge is -2.35. The van der Waals surface area contributed by atoms with Crippen molar-refractivity contribution in [2.45, 2.75) is 71.9 Å². The predicted molar refractivity (Wildman–Crippen MR) is 145 cm³/mol. The zero-order valence-electron chi connectivity index (χ0n) is 21.0. The molecule has 1 aromatic heterocycles. The third kappa shape index (κ3) is 4.83. The number of thioether (sulfide) groups is 1. The fourth-order valence-electron chi connectivity index (χ4n) is 5.45. The maximum Gasteiger partial charge on any atom is 0.309 e. The normalized spacial score (nSPS) is 20.4. The maximum atomic E-state index is 13.4. The number of piperidine rings is 1. The van der Waals surface area contributed by atoms with E-state index in [1.165, 1.54) is 11.8 Å². The van der Waals surface area contributed by atoms with Crippen LogP contribution in [-0.2, 0) is 20.9 Å². The standard InChI is InChI=1S/C26H32N4O4S2/c1-4-29-22(28-12-10-17(11-13-28)25(33)34-5-2)19(16(3)20(15-27)23(29)31)14-21-24(32)30(26(35)36-21)18-8-6-7-9-18/h14,17-18H,4-13H2,1-3H3/b21-14+. The second-order valence-electron chi connectivity index (χ2n) is 9.40. The summed E-state index contributed by atoms with van der Waals surface area (Å²) in [5.74, 6) is 0.230. The van der Waals surface area contributed by atoms with E-state index in [-0.39, 0.29) is 35.0 Å². The molecular formula is C26H32N4O4S2. The van der Waals surface area contributed by atoms with Crippen molar-refractivity contribution in [2.75, 3.05) is 24.6 Å². The van der Waals surface area contributed by atoms with E-state index in [0.717, 1.165) is 25.7 Å². The second kappa shape index (κ2) is 11.2. The van der Waals surface area contributed by atoms with Crippen LogP contribution in [0.3, 0.4) is 0 Å². The average molecular weight is 529 g/mol. The summed E-state index contributed by atoms with van der Waals surface area (Å²) in [6, 6.07) is 2.22. The highest BCUT2D eigenvalue weighted by Gasteiger charge is 2.39. The van der Waals surface area contributed by atoms with E-state index in [1.54, 1.807) is 23.3 Å². The van der Waals surface area contributed by atoms with Crippen molar-refractivity contribution in [3.05, 3.63) is 31.9 Å². The lowest BCUT2D eigenvalue weighted by atomic mass is 9.95. The largest absolute Gasteiger partial charge is 0.466 e. The maximum absolute atomic E-state index is 13.4. The number of pyridine rings is 1. The molecule has 36 heavy (non-hydrogen) atoms. The van der Waals surface area contributed by atoms with E-state index in [2.05, 4.69) is 11.0 Å². The minimum Gasteiger partial charge on any atom is -0.466 e. The van der Waals surface area contributed by atoms with Crippen molar-refractivity contribution < 1.29 is 14.3 Å². The van der Waals surface area contributed by atoms with Crippen LogP contribution in [0.5, 0.6) is 0 Å². The third-order valence-corrected chi connectivity index (χ3v) is 8.70. The van der Waals surface area contributed by atoms with Gasteiger partial charge in [0.1, 0.15) is 21.8 Å². The van der Waals surface area contributed by atoms with Gasteiger partial charge in [-0.15, -0.1) is 0 Å². The van der Waals surface area contributed by atoms with E-state index in [1.807, 2.05) is 13.0 Å². The van der Waals surface area contributed by atoms with Gasteiger partial charge in [0, 0.05) is 31.2 Å². The molecule has 2 saturated heterocycles. The Morgan fingerprint density at radius 1 is 1.19 bits per heavy atom. The molecule has 0 N–H and O–H groups in total. The highest BCUT2D eigenvalue weighted by atomic mass is 32.2. The highest BCUT2D eigenvalue weighted by molar-refractivity contribution is 8.26. The van der Waals surface area contributed by atoms with Crippen molar-refractivity contribution in [3.63, 3.8) is 0 Å². The lowest BCUT2D eigenvalue weighted by molar-refractivity contribution is -0.148. The molecule has 2 aliphatic heterocycles. The van der Waals surface area contributed by atoms with Crippen molar-refractivity contribution >= 4 is 52.1 Å². The van der Waals surface area contributed by atoms with Gasteiger partial charge in [0.2, 0.25) is 0 Å². The van der Waals surface area contributed by atoms with Gasteiger partial charge in [-0.25, -0.2) is 0 Å². The van der Waals surface area contributed by atoms with Crippen LogP contribution >= 0.6 is 24.0 Å². The van der Waals surface area contributed by atoms with Crippen LogP contribution in [-0.4, -0.2) is 51.4 Å². The summed E-state index contributed by atoms with van der Waals surface area (Å²) in [6.45, 7) is 7.30. The molecule has 0 atom stereocenters. The van der Waals surface area contributed by atoms with Gasteiger partial charge < -0.3 is 9.64 Å². The monoisotopic (exact) mass is 528 g/mol. The third-order valence-electron chi connectivity index (χ3n) is 7.37. The summed E-state index contributed by atoms with van der Waals surface area (Å²) in [7, 11) is 0. The molecule has 1 aliphatic carbocycles. The number of carbonyl (C=O) groups excluding carboxylic acids is 2. The van der Waals surface area contributed by atoms with Gasteiger partial charge in [-0.05, 0) is 58.1 Å². The quantitative estimate of drug-likeness (QED) is 0.311. The molecule has 192 valence electrons. The average Bonchev–Trinajstić information content (AvgIpc) is 3.48.